The van der Waals surface area contributed by atoms with Crippen LogP contribution in [0.5, 0.6) is 5.75 Å². The zero-order chi connectivity index (χ0) is 23.6. The molecule has 1 fully saturated rings. The maximum Gasteiger partial charge on any atom is 0.119 e. The maximum absolute atomic E-state index is 6.29. The average Bonchev–Trinajstić information content (AvgIpc) is 2.85. The molecule has 0 radical (unpaired) electrons. The molecule has 3 aromatic carbocycles. The van der Waals surface area contributed by atoms with Crippen LogP contribution in [0.15, 0.2) is 72.8 Å². The van der Waals surface area contributed by atoms with Crippen LogP contribution in [0.25, 0.3) is 0 Å². The van der Waals surface area contributed by atoms with E-state index >= 15 is 0 Å². The lowest BCUT2D eigenvalue weighted by Gasteiger charge is -2.32. The largest absolute Gasteiger partial charge is 0.494 e. The van der Waals surface area contributed by atoms with E-state index in [1.165, 1.54) is 11.1 Å². The van der Waals surface area contributed by atoms with Crippen LogP contribution >= 0.6 is 23.2 Å². The minimum atomic E-state index is 0.0834. The van der Waals surface area contributed by atoms with E-state index in [0.29, 0.717) is 42.4 Å². The fourth-order valence-electron chi connectivity index (χ4n) is 4.21. The highest BCUT2D eigenvalue weighted by molar-refractivity contribution is 6.34. The highest BCUT2D eigenvalue weighted by Crippen LogP contribution is 2.30. The number of hydrogen-bond donors (Lipinski definition) is 1. The normalized spacial score (nSPS) is 18.1. The van der Waals surface area contributed by atoms with E-state index in [-0.39, 0.29) is 6.10 Å². The Bertz CT molecular complexity index is 994. The zero-order valence-corrected chi connectivity index (χ0v) is 20.7. The van der Waals surface area contributed by atoms with Gasteiger partial charge in [0.2, 0.25) is 0 Å². The van der Waals surface area contributed by atoms with Crippen LogP contribution in [0, 0.1) is 0 Å². The molecule has 4 rings (SSSR count). The number of hydrogen-bond acceptors (Lipinski definition) is 4. The second kappa shape index (κ2) is 13.1. The maximum atomic E-state index is 6.29. The summed E-state index contributed by atoms with van der Waals surface area (Å²) in [4.78, 5) is 0. The molecule has 3 aromatic rings. The quantitative estimate of drug-likeness (QED) is 0.300. The molecule has 0 spiro atoms. The summed E-state index contributed by atoms with van der Waals surface area (Å²) in [5, 5.41) is 4.70. The Balaban J connectivity index is 1.22. The molecule has 1 aliphatic heterocycles. The summed E-state index contributed by atoms with van der Waals surface area (Å²) < 4.78 is 17.9. The molecule has 1 aliphatic rings. The summed E-state index contributed by atoms with van der Waals surface area (Å²) in [5.74, 6) is 1.21. The number of rotatable bonds is 11. The third kappa shape index (κ3) is 7.72. The van der Waals surface area contributed by atoms with Crippen molar-refractivity contribution < 1.29 is 14.2 Å². The molecule has 180 valence electrons. The first-order chi connectivity index (χ1) is 16.7. The van der Waals surface area contributed by atoms with Gasteiger partial charge >= 0.3 is 0 Å². The van der Waals surface area contributed by atoms with Gasteiger partial charge in [-0.3, -0.25) is 0 Å². The molecule has 4 nitrogen and oxygen atoms in total. The van der Waals surface area contributed by atoms with Crippen LogP contribution in [0.2, 0.25) is 10.0 Å². The average molecular weight is 500 g/mol. The summed E-state index contributed by atoms with van der Waals surface area (Å²) in [5.41, 5.74) is 3.45. The van der Waals surface area contributed by atoms with Crippen molar-refractivity contribution in [2.75, 3.05) is 26.3 Å². The van der Waals surface area contributed by atoms with Crippen molar-refractivity contribution in [1.29, 1.82) is 0 Å². The minimum absolute atomic E-state index is 0.0834. The number of halogens is 2. The Hall–Kier alpha value is -2.08. The lowest BCUT2D eigenvalue weighted by atomic mass is 9.87. The van der Waals surface area contributed by atoms with Gasteiger partial charge in [-0.1, -0.05) is 65.7 Å². The summed E-state index contributed by atoms with van der Waals surface area (Å²) in [6.45, 7) is 4.24. The van der Waals surface area contributed by atoms with Crippen molar-refractivity contribution in [3.8, 4) is 5.75 Å². The molecule has 0 aliphatic carbocycles. The number of nitrogens with one attached hydrogen (secondary N) is 1. The second-order valence-electron chi connectivity index (χ2n) is 8.54. The van der Waals surface area contributed by atoms with Gasteiger partial charge in [-0.25, -0.2) is 0 Å². The molecule has 0 amide bonds. The molecule has 2 unspecified atom stereocenters. The number of ether oxygens (including phenoxy) is 3. The number of piperidine rings is 1. The lowest BCUT2D eigenvalue weighted by molar-refractivity contribution is 0.0106. The monoisotopic (exact) mass is 499 g/mol. The molecule has 1 N–H and O–H groups in total. The molecule has 1 saturated heterocycles. The smallest absolute Gasteiger partial charge is 0.119 e. The second-order valence-corrected chi connectivity index (χ2v) is 9.41. The van der Waals surface area contributed by atoms with Gasteiger partial charge in [0, 0.05) is 28.9 Å². The van der Waals surface area contributed by atoms with E-state index in [2.05, 4.69) is 41.7 Å². The summed E-state index contributed by atoms with van der Waals surface area (Å²) in [7, 11) is 0. The van der Waals surface area contributed by atoms with Crippen molar-refractivity contribution in [2.24, 2.45) is 0 Å². The van der Waals surface area contributed by atoms with Crippen LogP contribution in [0.4, 0.5) is 0 Å². The lowest BCUT2D eigenvalue weighted by Crippen LogP contribution is -2.40. The summed E-state index contributed by atoms with van der Waals surface area (Å²) in [6, 6.07) is 24.2. The zero-order valence-electron chi connectivity index (χ0n) is 19.2. The Morgan fingerprint density at radius 1 is 0.824 bits per heavy atom. The molecule has 2 atom stereocenters. The van der Waals surface area contributed by atoms with Gasteiger partial charge in [-0.2, -0.15) is 0 Å². The van der Waals surface area contributed by atoms with Gasteiger partial charge in [0.05, 0.1) is 32.5 Å². The van der Waals surface area contributed by atoms with Crippen molar-refractivity contribution in [1.82, 2.24) is 5.32 Å². The standard InChI is InChI=1S/C28H31Cl2NO3/c29-24-15-22(16-25(30)17-24)20-34-28-18-31-12-11-27(28)23-7-9-26(10-8-23)33-14-4-13-32-19-21-5-2-1-3-6-21/h1-3,5-10,15-17,27-28,31H,4,11-14,18-20H2. The van der Waals surface area contributed by atoms with Gasteiger partial charge in [0.1, 0.15) is 5.75 Å². The highest BCUT2D eigenvalue weighted by atomic mass is 35.5. The summed E-state index contributed by atoms with van der Waals surface area (Å²) in [6.07, 6.45) is 1.96. The predicted molar refractivity (Wildman–Crippen MR) is 138 cm³/mol. The molecular formula is C28H31Cl2NO3. The molecule has 0 saturated carbocycles. The fourth-order valence-corrected chi connectivity index (χ4v) is 4.78. The van der Waals surface area contributed by atoms with Crippen LogP contribution in [0.3, 0.4) is 0 Å². The summed E-state index contributed by atoms with van der Waals surface area (Å²) >= 11 is 12.3. The Morgan fingerprint density at radius 3 is 2.35 bits per heavy atom. The van der Waals surface area contributed by atoms with E-state index in [9.17, 15) is 0 Å². The molecule has 0 aromatic heterocycles. The van der Waals surface area contributed by atoms with E-state index in [1.54, 1.807) is 6.07 Å². The van der Waals surface area contributed by atoms with Crippen LogP contribution in [-0.2, 0) is 22.7 Å². The van der Waals surface area contributed by atoms with Gasteiger partial charge in [0.25, 0.3) is 0 Å². The van der Waals surface area contributed by atoms with Gasteiger partial charge < -0.3 is 19.5 Å². The molecule has 34 heavy (non-hydrogen) atoms. The molecule has 0 bridgehead atoms. The topological polar surface area (TPSA) is 39.7 Å². The van der Waals surface area contributed by atoms with Crippen LogP contribution < -0.4 is 10.1 Å². The van der Waals surface area contributed by atoms with E-state index in [0.717, 1.165) is 37.2 Å². The van der Waals surface area contributed by atoms with Crippen molar-refractivity contribution in [3.63, 3.8) is 0 Å². The predicted octanol–water partition coefficient (Wildman–Crippen LogP) is 6.64. The SMILES string of the molecule is Clc1cc(Cl)cc(COC2CNCCC2c2ccc(OCCCOCc3ccccc3)cc2)c1. The fraction of sp³-hybridized carbons (Fsp3) is 0.357. The van der Waals surface area contributed by atoms with Crippen LogP contribution in [0.1, 0.15) is 35.4 Å². The van der Waals surface area contributed by atoms with Crippen LogP contribution in [-0.4, -0.2) is 32.4 Å². The van der Waals surface area contributed by atoms with E-state index in [4.69, 9.17) is 37.4 Å². The highest BCUT2D eigenvalue weighted by Gasteiger charge is 2.27. The third-order valence-corrected chi connectivity index (χ3v) is 6.37. The molecule has 6 heteroatoms. The third-order valence-electron chi connectivity index (χ3n) is 5.93. The Labute approximate surface area is 212 Å². The molecule has 1 heterocycles. The minimum Gasteiger partial charge on any atom is -0.494 e. The van der Waals surface area contributed by atoms with E-state index in [1.807, 2.05) is 30.3 Å². The first-order valence-corrected chi connectivity index (χ1v) is 12.5. The first-order valence-electron chi connectivity index (χ1n) is 11.8. The van der Waals surface area contributed by atoms with Crippen molar-refractivity contribution >= 4 is 23.2 Å². The Morgan fingerprint density at radius 2 is 1.59 bits per heavy atom. The molecular weight excluding hydrogens is 469 g/mol. The van der Waals surface area contributed by atoms with Gasteiger partial charge in [0.15, 0.2) is 0 Å². The Kier molecular flexibility index (Phi) is 9.66. The first kappa shape index (κ1) is 25.0. The van der Waals surface area contributed by atoms with Crippen molar-refractivity contribution in [3.05, 3.63) is 99.5 Å². The van der Waals surface area contributed by atoms with Gasteiger partial charge in [-0.05, 0) is 60.0 Å². The number of benzene rings is 3. The van der Waals surface area contributed by atoms with Crippen molar-refractivity contribution in [2.45, 2.75) is 38.1 Å². The van der Waals surface area contributed by atoms with Gasteiger partial charge in [-0.15, -0.1) is 0 Å². The van der Waals surface area contributed by atoms with E-state index < -0.39 is 0 Å².